The molecule has 0 aromatic carbocycles. The molecule has 0 saturated heterocycles. The average Bonchev–Trinajstić information content (AvgIpc) is 2.39. The van der Waals surface area contributed by atoms with E-state index < -0.39 is 11.5 Å². The van der Waals surface area contributed by atoms with Gasteiger partial charge in [-0.3, -0.25) is 9.78 Å². The first-order valence-electron chi connectivity index (χ1n) is 6.03. The molecule has 1 atom stereocenters. The van der Waals surface area contributed by atoms with Gasteiger partial charge in [0.15, 0.2) is 0 Å². The Labute approximate surface area is 112 Å². The fourth-order valence-corrected chi connectivity index (χ4v) is 2.44. The van der Waals surface area contributed by atoms with Crippen LogP contribution in [0.1, 0.15) is 26.2 Å². The Morgan fingerprint density at radius 2 is 2.11 bits per heavy atom. The first-order valence-corrected chi connectivity index (χ1v) is 7.02. The predicted molar refractivity (Wildman–Crippen MR) is 73.9 cm³/mol. The average molecular weight is 268 g/mol. The highest BCUT2D eigenvalue weighted by Crippen LogP contribution is 2.20. The molecule has 0 radical (unpaired) electrons. The van der Waals surface area contributed by atoms with E-state index in [9.17, 15) is 4.79 Å². The fourth-order valence-electron chi connectivity index (χ4n) is 1.54. The van der Waals surface area contributed by atoms with E-state index in [1.54, 1.807) is 38.1 Å². The molecule has 0 bridgehead atoms. The van der Waals surface area contributed by atoms with Crippen molar-refractivity contribution in [3.8, 4) is 0 Å². The van der Waals surface area contributed by atoms with Crippen molar-refractivity contribution >= 4 is 17.7 Å². The van der Waals surface area contributed by atoms with Crippen molar-refractivity contribution in [3.63, 3.8) is 0 Å². The number of pyridine rings is 1. The van der Waals surface area contributed by atoms with E-state index >= 15 is 0 Å². The first-order chi connectivity index (χ1) is 8.58. The summed E-state index contributed by atoms with van der Waals surface area (Å²) in [5.74, 6) is 0.218. The minimum Gasteiger partial charge on any atom is -0.480 e. The van der Waals surface area contributed by atoms with Crippen LogP contribution in [-0.4, -0.2) is 34.4 Å². The molecule has 0 fully saturated rings. The number of thioether (sulfide) groups is 1. The lowest BCUT2D eigenvalue weighted by Gasteiger charge is -2.23. The van der Waals surface area contributed by atoms with Gasteiger partial charge in [0.1, 0.15) is 5.54 Å². The summed E-state index contributed by atoms with van der Waals surface area (Å²) in [4.78, 5) is 16.2. The van der Waals surface area contributed by atoms with Gasteiger partial charge in [-0.25, -0.2) is 0 Å². The molecular weight excluding hydrogens is 248 g/mol. The lowest BCUT2D eigenvalue weighted by Crippen LogP contribution is -2.47. The maximum atomic E-state index is 11.1. The fraction of sp³-hybridized carbons (Fsp3) is 0.538. The molecule has 0 spiro atoms. The highest BCUT2D eigenvalue weighted by Gasteiger charge is 2.29. The van der Waals surface area contributed by atoms with Crippen molar-refractivity contribution in [1.82, 2.24) is 10.3 Å². The van der Waals surface area contributed by atoms with E-state index in [-0.39, 0.29) is 0 Å². The largest absolute Gasteiger partial charge is 0.480 e. The van der Waals surface area contributed by atoms with Crippen LogP contribution in [0.2, 0.25) is 0 Å². The maximum absolute atomic E-state index is 11.1. The Kier molecular flexibility index (Phi) is 6.15. The van der Waals surface area contributed by atoms with E-state index in [0.717, 1.165) is 18.6 Å². The Hall–Kier alpha value is -1.07. The van der Waals surface area contributed by atoms with E-state index in [0.29, 0.717) is 6.42 Å². The van der Waals surface area contributed by atoms with Gasteiger partial charge in [0.25, 0.3) is 0 Å². The summed E-state index contributed by atoms with van der Waals surface area (Å²) >= 11 is 1.78. The van der Waals surface area contributed by atoms with E-state index in [2.05, 4.69) is 10.3 Å². The molecular formula is C13H20N2O2S. The quantitative estimate of drug-likeness (QED) is 0.560. The van der Waals surface area contributed by atoms with E-state index in [1.165, 1.54) is 4.90 Å². The van der Waals surface area contributed by atoms with Gasteiger partial charge in [-0.15, -0.1) is 11.8 Å². The molecule has 18 heavy (non-hydrogen) atoms. The Balaban J connectivity index is 2.21. The highest BCUT2D eigenvalue weighted by atomic mass is 32.2. The molecule has 4 nitrogen and oxygen atoms in total. The number of likely N-dealkylation sites (N-methyl/N-ethyl adjacent to an activating group) is 1. The highest BCUT2D eigenvalue weighted by molar-refractivity contribution is 7.99. The molecule has 0 amide bonds. The molecule has 5 heteroatoms. The third kappa shape index (κ3) is 4.66. The minimum atomic E-state index is -0.804. The van der Waals surface area contributed by atoms with Crippen molar-refractivity contribution in [2.24, 2.45) is 0 Å². The van der Waals surface area contributed by atoms with Gasteiger partial charge in [-0.2, -0.15) is 0 Å². The van der Waals surface area contributed by atoms with Gasteiger partial charge in [-0.05, 0) is 44.7 Å². The molecule has 0 aliphatic carbocycles. The van der Waals surface area contributed by atoms with Gasteiger partial charge >= 0.3 is 5.97 Å². The number of aromatic nitrogens is 1. The molecule has 0 aliphatic heterocycles. The first kappa shape index (κ1) is 15.0. The second-order valence-corrected chi connectivity index (χ2v) is 5.54. The van der Waals surface area contributed by atoms with Gasteiger partial charge in [0, 0.05) is 17.3 Å². The zero-order valence-corrected chi connectivity index (χ0v) is 11.7. The monoisotopic (exact) mass is 268 g/mol. The van der Waals surface area contributed by atoms with Crippen LogP contribution in [0.3, 0.4) is 0 Å². The van der Waals surface area contributed by atoms with E-state index in [4.69, 9.17) is 5.11 Å². The molecule has 1 aromatic rings. The van der Waals surface area contributed by atoms with Crippen LogP contribution >= 0.6 is 11.8 Å². The number of hydrogen-bond acceptors (Lipinski definition) is 4. The molecule has 100 valence electrons. The zero-order valence-electron chi connectivity index (χ0n) is 10.8. The number of carboxylic acid groups (broad SMARTS) is 1. The Morgan fingerprint density at radius 1 is 1.44 bits per heavy atom. The van der Waals surface area contributed by atoms with Crippen molar-refractivity contribution in [2.75, 3.05) is 12.8 Å². The number of hydrogen-bond donors (Lipinski definition) is 2. The number of unbranched alkanes of at least 4 members (excludes halogenated alkanes) is 1. The van der Waals surface area contributed by atoms with Crippen molar-refractivity contribution in [3.05, 3.63) is 24.5 Å². The van der Waals surface area contributed by atoms with Crippen LogP contribution in [0.25, 0.3) is 0 Å². The van der Waals surface area contributed by atoms with Crippen LogP contribution in [-0.2, 0) is 4.79 Å². The number of aliphatic carboxylic acids is 1. The summed E-state index contributed by atoms with van der Waals surface area (Å²) < 4.78 is 0. The molecule has 1 aromatic heterocycles. The number of rotatable bonds is 8. The van der Waals surface area contributed by atoms with Crippen LogP contribution in [0.5, 0.6) is 0 Å². The standard InChI is InChI=1S/C13H20N2O2S/c1-13(14-2,12(16)17)7-3-4-10-18-11-5-8-15-9-6-11/h5-6,8-9,14H,3-4,7,10H2,1-2H3,(H,16,17). The van der Waals surface area contributed by atoms with Gasteiger partial charge < -0.3 is 10.4 Å². The van der Waals surface area contributed by atoms with E-state index in [1.807, 2.05) is 12.1 Å². The molecule has 1 rings (SSSR count). The normalized spacial score (nSPS) is 14.1. The minimum absolute atomic E-state index is 0.649. The zero-order chi connectivity index (χ0) is 13.4. The smallest absolute Gasteiger partial charge is 0.323 e. The second kappa shape index (κ2) is 7.38. The van der Waals surface area contributed by atoms with Crippen LogP contribution < -0.4 is 5.32 Å². The van der Waals surface area contributed by atoms with Gasteiger partial charge in [-0.1, -0.05) is 6.42 Å². The number of nitrogens with one attached hydrogen (secondary N) is 1. The van der Waals surface area contributed by atoms with Crippen molar-refractivity contribution < 1.29 is 9.90 Å². The molecule has 2 N–H and O–H groups in total. The maximum Gasteiger partial charge on any atom is 0.323 e. The topological polar surface area (TPSA) is 62.2 Å². The van der Waals surface area contributed by atoms with Crippen LogP contribution in [0, 0.1) is 0 Å². The molecule has 1 heterocycles. The third-order valence-electron chi connectivity index (χ3n) is 3.01. The van der Waals surface area contributed by atoms with Crippen LogP contribution in [0.15, 0.2) is 29.4 Å². The van der Waals surface area contributed by atoms with Crippen LogP contribution in [0.4, 0.5) is 0 Å². The van der Waals surface area contributed by atoms with Gasteiger partial charge in [0.2, 0.25) is 0 Å². The molecule has 1 unspecified atom stereocenters. The summed E-state index contributed by atoms with van der Waals surface area (Å²) in [6.45, 7) is 1.73. The number of carboxylic acids is 1. The third-order valence-corrected chi connectivity index (χ3v) is 4.11. The lowest BCUT2D eigenvalue weighted by atomic mass is 9.95. The summed E-state index contributed by atoms with van der Waals surface area (Å²) in [5, 5.41) is 12.0. The summed E-state index contributed by atoms with van der Waals surface area (Å²) in [7, 11) is 1.69. The predicted octanol–water partition coefficient (Wildman–Crippen LogP) is 2.41. The molecule has 0 aliphatic rings. The summed E-state index contributed by atoms with van der Waals surface area (Å²) in [6.07, 6.45) is 6.13. The van der Waals surface area contributed by atoms with Crippen molar-refractivity contribution in [2.45, 2.75) is 36.6 Å². The second-order valence-electron chi connectivity index (χ2n) is 4.38. The number of carbonyl (C=O) groups is 1. The summed E-state index contributed by atoms with van der Waals surface area (Å²) in [5.41, 5.74) is -0.804. The lowest BCUT2D eigenvalue weighted by molar-refractivity contribution is -0.144. The SMILES string of the molecule is CNC(C)(CCCCSc1ccncc1)C(=O)O. The number of nitrogens with zero attached hydrogens (tertiary/aromatic N) is 1. The van der Waals surface area contributed by atoms with Gasteiger partial charge in [0.05, 0.1) is 0 Å². The Bertz CT molecular complexity index is 373. The van der Waals surface area contributed by atoms with Crippen molar-refractivity contribution in [1.29, 1.82) is 0 Å². The summed E-state index contributed by atoms with van der Waals surface area (Å²) in [6, 6.07) is 3.97. The Morgan fingerprint density at radius 3 is 2.67 bits per heavy atom. The molecule has 0 saturated carbocycles.